The van der Waals surface area contributed by atoms with Crippen LogP contribution in [0.15, 0.2) is 0 Å². The van der Waals surface area contributed by atoms with Crippen molar-refractivity contribution >= 4 is 0 Å². The lowest BCUT2D eigenvalue weighted by atomic mass is 10.2. The predicted molar refractivity (Wildman–Crippen MR) is 63.3 cm³/mol. The molecule has 2 heterocycles. The Morgan fingerprint density at radius 3 is 3.00 bits per heavy atom. The normalized spacial score (nSPS) is 20.1. The fourth-order valence-electron chi connectivity index (χ4n) is 2.16. The average Bonchev–Trinajstić information content (AvgIpc) is 2.91. The summed E-state index contributed by atoms with van der Waals surface area (Å²) in [5, 5.41) is 7.39. The second-order valence-corrected chi connectivity index (χ2v) is 4.44. The van der Waals surface area contributed by atoms with E-state index in [-0.39, 0.29) is 5.95 Å². The summed E-state index contributed by atoms with van der Waals surface area (Å²) in [4.78, 5) is 0. The molecule has 4 nitrogen and oxygen atoms in total. The molecule has 96 valence electrons. The van der Waals surface area contributed by atoms with Crippen molar-refractivity contribution in [3.63, 3.8) is 0 Å². The lowest BCUT2D eigenvalue weighted by molar-refractivity contribution is 0.110. The molecule has 0 aliphatic carbocycles. The maximum Gasteiger partial charge on any atom is 0.216 e. The van der Waals surface area contributed by atoms with Gasteiger partial charge in [-0.15, -0.1) is 0 Å². The summed E-state index contributed by atoms with van der Waals surface area (Å²) in [5.74, 6) is -0.218. The van der Waals surface area contributed by atoms with E-state index in [1.54, 1.807) is 0 Å². The van der Waals surface area contributed by atoms with E-state index in [4.69, 9.17) is 4.74 Å². The molecule has 17 heavy (non-hydrogen) atoms. The molecule has 1 aromatic heterocycles. The zero-order chi connectivity index (χ0) is 12.3. The van der Waals surface area contributed by atoms with Crippen LogP contribution in [0.2, 0.25) is 0 Å². The molecule has 1 atom stereocenters. The van der Waals surface area contributed by atoms with E-state index in [0.717, 1.165) is 31.7 Å². The molecule has 1 aliphatic heterocycles. The fourth-order valence-corrected chi connectivity index (χ4v) is 2.16. The molecular formula is C12H20FN3O. The maximum absolute atomic E-state index is 13.8. The summed E-state index contributed by atoms with van der Waals surface area (Å²) in [6, 6.07) is 0. The Morgan fingerprint density at radius 2 is 2.41 bits per heavy atom. The summed E-state index contributed by atoms with van der Waals surface area (Å²) < 4.78 is 20.7. The van der Waals surface area contributed by atoms with E-state index in [1.165, 1.54) is 4.68 Å². The van der Waals surface area contributed by atoms with Crippen molar-refractivity contribution in [1.29, 1.82) is 0 Å². The summed E-state index contributed by atoms with van der Waals surface area (Å²) in [6.07, 6.45) is 2.52. The van der Waals surface area contributed by atoms with Crippen molar-refractivity contribution < 1.29 is 9.13 Å². The quantitative estimate of drug-likeness (QED) is 0.851. The topological polar surface area (TPSA) is 39.1 Å². The van der Waals surface area contributed by atoms with Gasteiger partial charge in [0.2, 0.25) is 5.95 Å². The number of aryl methyl sites for hydroxylation is 2. The van der Waals surface area contributed by atoms with Gasteiger partial charge >= 0.3 is 0 Å². The van der Waals surface area contributed by atoms with Gasteiger partial charge in [0.1, 0.15) is 0 Å². The molecule has 0 aromatic carbocycles. The molecule has 0 spiro atoms. The van der Waals surface area contributed by atoms with E-state index >= 15 is 0 Å². The van der Waals surface area contributed by atoms with E-state index in [9.17, 15) is 4.39 Å². The van der Waals surface area contributed by atoms with E-state index < -0.39 is 0 Å². The third-order valence-electron chi connectivity index (χ3n) is 3.18. The van der Waals surface area contributed by atoms with Crippen molar-refractivity contribution in [2.45, 2.75) is 45.9 Å². The number of nitrogens with one attached hydrogen (secondary N) is 1. The van der Waals surface area contributed by atoms with Gasteiger partial charge in [0.15, 0.2) is 0 Å². The van der Waals surface area contributed by atoms with Gasteiger partial charge in [0, 0.05) is 31.8 Å². The number of ether oxygens (including phenoxy) is 1. The second-order valence-electron chi connectivity index (χ2n) is 4.44. The first-order valence-electron chi connectivity index (χ1n) is 6.26. The Labute approximate surface area is 101 Å². The van der Waals surface area contributed by atoms with Crippen LogP contribution in [0, 0.1) is 12.9 Å². The van der Waals surface area contributed by atoms with E-state index in [0.29, 0.717) is 24.8 Å². The maximum atomic E-state index is 13.8. The highest BCUT2D eigenvalue weighted by atomic mass is 19.1. The molecule has 0 bridgehead atoms. The Morgan fingerprint density at radius 1 is 1.59 bits per heavy atom. The zero-order valence-corrected chi connectivity index (χ0v) is 10.5. The Hall–Kier alpha value is -0.940. The first kappa shape index (κ1) is 12.5. The van der Waals surface area contributed by atoms with Crippen LogP contribution in [0.25, 0.3) is 0 Å². The van der Waals surface area contributed by atoms with Gasteiger partial charge in [0.25, 0.3) is 0 Å². The zero-order valence-electron chi connectivity index (χ0n) is 10.5. The van der Waals surface area contributed by atoms with Crippen LogP contribution in [0.3, 0.4) is 0 Å². The minimum Gasteiger partial charge on any atom is -0.377 e. The molecule has 0 amide bonds. The van der Waals surface area contributed by atoms with Gasteiger partial charge in [0.05, 0.1) is 11.8 Å². The van der Waals surface area contributed by atoms with E-state index in [2.05, 4.69) is 10.4 Å². The molecular weight excluding hydrogens is 221 g/mol. The molecule has 1 aromatic rings. The average molecular weight is 241 g/mol. The van der Waals surface area contributed by atoms with Crippen molar-refractivity contribution in [2.75, 3.05) is 13.2 Å². The van der Waals surface area contributed by atoms with Crippen LogP contribution in [0.4, 0.5) is 4.39 Å². The van der Waals surface area contributed by atoms with Gasteiger partial charge < -0.3 is 10.1 Å². The Balaban J connectivity index is 1.87. The van der Waals surface area contributed by atoms with Gasteiger partial charge in [-0.25, -0.2) is 4.68 Å². The smallest absolute Gasteiger partial charge is 0.216 e. The third-order valence-corrected chi connectivity index (χ3v) is 3.18. The minimum absolute atomic E-state index is 0.218. The lowest BCUT2D eigenvalue weighted by Crippen LogP contribution is -2.26. The number of rotatable bonds is 5. The standard InChI is InChI=1S/C12H20FN3O/c1-3-16-12(13)11(9(2)15-16)8-14-7-10-5-4-6-17-10/h10,14H,3-8H2,1-2H3/t10-/m0/s1. The van der Waals surface area contributed by atoms with Crippen LogP contribution in [-0.2, 0) is 17.8 Å². The van der Waals surface area contributed by atoms with E-state index in [1.807, 2.05) is 13.8 Å². The summed E-state index contributed by atoms with van der Waals surface area (Å²) >= 11 is 0. The second kappa shape index (κ2) is 5.60. The van der Waals surface area contributed by atoms with Crippen molar-refractivity contribution in [1.82, 2.24) is 15.1 Å². The third kappa shape index (κ3) is 2.84. The lowest BCUT2D eigenvalue weighted by Gasteiger charge is -2.10. The first-order chi connectivity index (χ1) is 8.22. The summed E-state index contributed by atoms with van der Waals surface area (Å²) in [7, 11) is 0. The molecule has 0 unspecified atom stereocenters. The molecule has 0 saturated carbocycles. The highest BCUT2D eigenvalue weighted by Gasteiger charge is 2.17. The van der Waals surface area contributed by atoms with Crippen LogP contribution < -0.4 is 5.32 Å². The van der Waals surface area contributed by atoms with Crippen molar-refractivity contribution in [3.8, 4) is 0 Å². The van der Waals surface area contributed by atoms with Crippen LogP contribution >= 0.6 is 0 Å². The molecule has 1 N–H and O–H groups in total. The van der Waals surface area contributed by atoms with Crippen LogP contribution in [-0.4, -0.2) is 29.0 Å². The van der Waals surface area contributed by atoms with Gasteiger partial charge in [-0.3, -0.25) is 0 Å². The molecule has 1 aliphatic rings. The largest absolute Gasteiger partial charge is 0.377 e. The highest BCUT2D eigenvalue weighted by molar-refractivity contribution is 5.17. The molecule has 1 saturated heterocycles. The molecule has 2 rings (SSSR count). The molecule has 0 radical (unpaired) electrons. The number of hydrogen-bond donors (Lipinski definition) is 1. The van der Waals surface area contributed by atoms with Gasteiger partial charge in [-0.2, -0.15) is 9.49 Å². The number of hydrogen-bond acceptors (Lipinski definition) is 3. The summed E-state index contributed by atoms with van der Waals surface area (Å²) in [6.45, 7) is 6.47. The Bertz CT molecular complexity index is 372. The number of halogens is 1. The highest BCUT2D eigenvalue weighted by Crippen LogP contribution is 2.13. The molecule has 5 heteroatoms. The fraction of sp³-hybridized carbons (Fsp3) is 0.750. The summed E-state index contributed by atoms with van der Waals surface area (Å²) in [5.41, 5.74) is 1.44. The predicted octanol–water partition coefficient (Wildman–Crippen LogP) is 1.62. The van der Waals surface area contributed by atoms with Gasteiger partial charge in [-0.1, -0.05) is 0 Å². The minimum atomic E-state index is -0.218. The van der Waals surface area contributed by atoms with Crippen molar-refractivity contribution in [2.24, 2.45) is 0 Å². The van der Waals surface area contributed by atoms with Crippen LogP contribution in [0.5, 0.6) is 0 Å². The number of nitrogens with zero attached hydrogens (tertiary/aromatic N) is 2. The first-order valence-corrected chi connectivity index (χ1v) is 6.26. The SMILES string of the molecule is CCn1nc(C)c(CNC[C@@H]2CCCO2)c1F. The number of aromatic nitrogens is 2. The Kier molecular flexibility index (Phi) is 4.12. The van der Waals surface area contributed by atoms with Gasteiger partial charge in [-0.05, 0) is 26.7 Å². The van der Waals surface area contributed by atoms with Crippen molar-refractivity contribution in [3.05, 3.63) is 17.2 Å². The van der Waals surface area contributed by atoms with Crippen LogP contribution in [0.1, 0.15) is 31.0 Å². The monoisotopic (exact) mass is 241 g/mol. The molecule has 1 fully saturated rings.